The minimum Gasteiger partial charge on any atom is -0.477 e. The third-order valence-corrected chi connectivity index (χ3v) is 6.05. The summed E-state index contributed by atoms with van der Waals surface area (Å²) in [5.41, 5.74) is -2.24. The largest absolute Gasteiger partial charge is 0.477 e. The number of hydrogen-bond donors (Lipinski definition) is 1. The van der Waals surface area contributed by atoms with Gasteiger partial charge in [0.25, 0.3) is 16.6 Å². The molecule has 0 aromatic heterocycles. The normalized spacial score (nSPS) is 11.1. The molecule has 2 aromatic carbocycles. The maximum absolute atomic E-state index is 11.1. The standard InChI is InChI=1S/C8H6ClNO5S.C8H7NO6S/c1-16(14,15)5-2-3-6(8(9)11)7(4-5)10(12)13;1-16(14,15)5-2-3-6(8(10)11)7(4-5)9(12)13/h2-4H,1H3;2-4H,1H3,(H,10,11). The number of halogens is 1. The van der Waals surface area contributed by atoms with Crippen molar-refractivity contribution in [1.29, 1.82) is 0 Å². The Morgan fingerprint density at radius 3 is 1.44 bits per heavy atom. The molecular weight excluding hydrogens is 496 g/mol. The third kappa shape index (κ3) is 6.79. The Morgan fingerprint density at radius 2 is 1.16 bits per heavy atom. The molecule has 2 rings (SSSR count). The number of sulfone groups is 2. The SMILES string of the molecule is CS(=O)(=O)c1ccc(C(=O)Cl)c([N+](=O)[O-])c1.CS(=O)(=O)c1ccc(C(=O)O)c([N+](=O)[O-])c1. The topological polar surface area (TPSA) is 209 Å². The van der Waals surface area contributed by atoms with Crippen LogP contribution in [-0.2, 0) is 19.7 Å². The van der Waals surface area contributed by atoms with Crippen LogP contribution in [0.1, 0.15) is 20.7 Å². The van der Waals surface area contributed by atoms with E-state index in [2.05, 4.69) is 0 Å². The first-order valence-corrected chi connectivity index (χ1v) is 12.0. The van der Waals surface area contributed by atoms with Gasteiger partial charge in [-0.2, -0.15) is 0 Å². The van der Waals surface area contributed by atoms with Gasteiger partial charge in [0.1, 0.15) is 11.1 Å². The highest BCUT2D eigenvalue weighted by molar-refractivity contribution is 7.91. The number of hydrogen-bond acceptors (Lipinski definition) is 10. The number of carbonyl (C=O) groups excluding carboxylic acids is 1. The lowest BCUT2D eigenvalue weighted by atomic mass is 10.2. The van der Waals surface area contributed by atoms with Crippen LogP contribution in [0.15, 0.2) is 46.2 Å². The van der Waals surface area contributed by atoms with Gasteiger partial charge in [-0.25, -0.2) is 21.6 Å². The summed E-state index contributed by atoms with van der Waals surface area (Å²) in [7, 11) is -7.16. The molecule has 0 aliphatic carbocycles. The number of carboxylic acids is 1. The molecule has 0 aliphatic rings. The number of carboxylic acid groups (broad SMARTS) is 1. The second-order valence-electron chi connectivity index (χ2n) is 6.00. The molecule has 0 radical (unpaired) electrons. The summed E-state index contributed by atoms with van der Waals surface area (Å²) in [6.45, 7) is 0. The van der Waals surface area contributed by atoms with E-state index in [-0.39, 0.29) is 15.4 Å². The average Bonchev–Trinajstić information content (AvgIpc) is 2.65. The van der Waals surface area contributed by atoms with Gasteiger partial charge in [-0.1, -0.05) is 0 Å². The number of nitrogens with zero attached hydrogens (tertiary/aromatic N) is 2. The third-order valence-electron chi connectivity index (χ3n) is 3.63. The highest BCUT2D eigenvalue weighted by Crippen LogP contribution is 2.24. The molecular formula is C16H13ClN2O11S2. The predicted molar refractivity (Wildman–Crippen MR) is 110 cm³/mol. The zero-order chi connectivity index (χ0) is 25.0. The molecule has 0 saturated heterocycles. The van der Waals surface area contributed by atoms with Crippen molar-refractivity contribution in [3.63, 3.8) is 0 Å². The van der Waals surface area contributed by atoms with E-state index >= 15 is 0 Å². The van der Waals surface area contributed by atoms with E-state index in [1.807, 2.05) is 0 Å². The molecule has 0 atom stereocenters. The van der Waals surface area contributed by atoms with Crippen LogP contribution in [0, 0.1) is 20.2 Å². The van der Waals surface area contributed by atoms with E-state index in [1.54, 1.807) is 0 Å². The number of benzene rings is 2. The first-order chi connectivity index (χ1) is 14.5. The highest BCUT2D eigenvalue weighted by atomic mass is 35.5. The van der Waals surface area contributed by atoms with Gasteiger partial charge in [0, 0.05) is 24.6 Å². The Morgan fingerprint density at radius 1 is 0.812 bits per heavy atom. The molecule has 13 nitrogen and oxygen atoms in total. The van der Waals surface area contributed by atoms with E-state index in [0.29, 0.717) is 0 Å². The van der Waals surface area contributed by atoms with Gasteiger partial charge >= 0.3 is 5.97 Å². The summed E-state index contributed by atoms with van der Waals surface area (Å²) >= 11 is 5.13. The lowest BCUT2D eigenvalue weighted by molar-refractivity contribution is -0.385. The second kappa shape index (κ2) is 9.80. The van der Waals surface area contributed by atoms with Crippen molar-refractivity contribution in [2.45, 2.75) is 9.79 Å². The quantitative estimate of drug-likeness (QED) is 0.339. The van der Waals surface area contributed by atoms with E-state index < -0.39 is 57.7 Å². The summed E-state index contributed by atoms with van der Waals surface area (Å²) in [6.07, 6.45) is 1.79. The van der Waals surface area contributed by atoms with Crippen LogP contribution in [-0.4, -0.2) is 55.5 Å². The van der Waals surface area contributed by atoms with E-state index in [1.165, 1.54) is 0 Å². The lowest BCUT2D eigenvalue weighted by Gasteiger charge is -2.01. The number of nitro groups is 2. The number of rotatable bonds is 6. The number of carbonyl (C=O) groups is 2. The Balaban J connectivity index is 0.000000320. The summed E-state index contributed by atoms with van der Waals surface area (Å²) in [5, 5.41) is 28.8. The zero-order valence-corrected chi connectivity index (χ0v) is 18.5. The lowest BCUT2D eigenvalue weighted by Crippen LogP contribution is -2.05. The minimum absolute atomic E-state index is 0.235. The van der Waals surface area contributed by atoms with E-state index in [9.17, 15) is 46.7 Å². The first-order valence-electron chi connectivity index (χ1n) is 7.87. The maximum Gasteiger partial charge on any atom is 0.342 e. The van der Waals surface area contributed by atoms with Crippen LogP contribution < -0.4 is 0 Å². The molecule has 0 aliphatic heterocycles. The van der Waals surface area contributed by atoms with Gasteiger partial charge in [0.05, 0.1) is 19.6 Å². The summed E-state index contributed by atoms with van der Waals surface area (Å²) in [4.78, 5) is 40.3. The zero-order valence-electron chi connectivity index (χ0n) is 16.1. The number of nitro benzene ring substituents is 2. The Kier molecular flexibility index (Phi) is 8.15. The van der Waals surface area contributed by atoms with Crippen molar-refractivity contribution in [3.05, 3.63) is 67.8 Å². The van der Waals surface area contributed by atoms with E-state index in [0.717, 1.165) is 48.9 Å². The molecule has 32 heavy (non-hydrogen) atoms. The molecule has 0 unspecified atom stereocenters. The van der Waals surface area contributed by atoms with Crippen molar-refractivity contribution in [2.75, 3.05) is 12.5 Å². The molecule has 0 heterocycles. The second-order valence-corrected chi connectivity index (χ2v) is 10.4. The van der Waals surface area contributed by atoms with Crippen molar-refractivity contribution >= 4 is 53.9 Å². The molecule has 172 valence electrons. The number of aromatic carboxylic acids is 1. The van der Waals surface area contributed by atoms with E-state index in [4.69, 9.17) is 16.7 Å². The van der Waals surface area contributed by atoms with Gasteiger partial charge in [-0.3, -0.25) is 25.0 Å². The summed E-state index contributed by atoms with van der Waals surface area (Å²) in [5.74, 6) is -1.48. The van der Waals surface area contributed by atoms with Crippen LogP contribution in [0.2, 0.25) is 0 Å². The molecule has 0 bridgehead atoms. The summed E-state index contributed by atoms with van der Waals surface area (Å²) in [6, 6.07) is 5.58. The molecule has 0 amide bonds. The fourth-order valence-electron chi connectivity index (χ4n) is 2.13. The predicted octanol–water partition coefficient (Wildman–Crippen LogP) is 2.07. The minimum atomic E-state index is -3.60. The molecule has 0 spiro atoms. The van der Waals surface area contributed by atoms with Crippen molar-refractivity contribution in [1.82, 2.24) is 0 Å². The summed E-state index contributed by atoms with van der Waals surface area (Å²) < 4.78 is 44.5. The monoisotopic (exact) mass is 508 g/mol. The highest BCUT2D eigenvalue weighted by Gasteiger charge is 2.23. The molecule has 0 fully saturated rings. The van der Waals surface area contributed by atoms with Gasteiger partial charge in [0.2, 0.25) is 0 Å². The van der Waals surface area contributed by atoms with Crippen molar-refractivity contribution < 1.29 is 41.4 Å². The van der Waals surface area contributed by atoms with Crippen molar-refractivity contribution in [3.8, 4) is 0 Å². The van der Waals surface area contributed by atoms with Crippen LogP contribution >= 0.6 is 11.6 Å². The molecule has 1 N–H and O–H groups in total. The van der Waals surface area contributed by atoms with Crippen LogP contribution in [0.25, 0.3) is 0 Å². The van der Waals surface area contributed by atoms with Crippen LogP contribution in [0.4, 0.5) is 11.4 Å². The first kappa shape index (κ1) is 26.6. The fourth-order valence-corrected chi connectivity index (χ4v) is 3.58. The van der Waals surface area contributed by atoms with Gasteiger partial charge < -0.3 is 5.11 Å². The Bertz CT molecular complexity index is 1230. The molecule has 2 aromatic rings. The smallest absolute Gasteiger partial charge is 0.342 e. The van der Waals surface area contributed by atoms with Crippen molar-refractivity contribution in [2.24, 2.45) is 0 Å². The van der Waals surface area contributed by atoms with Gasteiger partial charge in [-0.05, 0) is 35.9 Å². The van der Waals surface area contributed by atoms with Crippen LogP contribution in [0.3, 0.4) is 0 Å². The Labute approximate surface area is 185 Å². The van der Waals surface area contributed by atoms with Crippen LogP contribution in [0.5, 0.6) is 0 Å². The maximum atomic E-state index is 11.1. The fraction of sp³-hybridized carbons (Fsp3) is 0.125. The van der Waals surface area contributed by atoms with Gasteiger partial charge in [0.15, 0.2) is 19.7 Å². The molecule has 0 saturated carbocycles. The Hall–Kier alpha value is -3.43. The average molecular weight is 509 g/mol. The van der Waals surface area contributed by atoms with Gasteiger partial charge in [-0.15, -0.1) is 0 Å². The molecule has 16 heteroatoms.